The first-order valence-corrected chi connectivity index (χ1v) is 5.75. The Labute approximate surface area is 100 Å². The average molecular weight is 223 g/mol. The van der Waals surface area contributed by atoms with Crippen LogP contribution in [-0.4, -0.2) is 6.54 Å². The van der Waals surface area contributed by atoms with Crippen molar-refractivity contribution in [3.05, 3.63) is 37.5 Å². The minimum atomic E-state index is 0.106. The van der Waals surface area contributed by atoms with Gasteiger partial charge in [0, 0.05) is 13.0 Å². The van der Waals surface area contributed by atoms with Gasteiger partial charge in [-0.05, 0) is 17.9 Å². The van der Waals surface area contributed by atoms with Crippen LogP contribution in [0.5, 0.6) is 0 Å². The molecule has 1 N–H and O–H groups in total. The van der Waals surface area contributed by atoms with Crippen LogP contribution in [0.15, 0.2) is 37.5 Å². The summed E-state index contributed by atoms with van der Waals surface area (Å²) in [5.41, 5.74) is 0.106. The summed E-state index contributed by atoms with van der Waals surface area (Å²) in [6.07, 6.45) is 2.78. The molecular formula is C14H25NO. The highest BCUT2D eigenvalue weighted by Gasteiger charge is 2.21. The van der Waals surface area contributed by atoms with Gasteiger partial charge in [-0.25, -0.2) is 0 Å². The number of nitrogens with one attached hydrogen (secondary N) is 1. The summed E-state index contributed by atoms with van der Waals surface area (Å²) in [4.78, 5) is 0. The lowest BCUT2D eigenvalue weighted by Crippen LogP contribution is -2.30. The number of hydrogen-bond donors (Lipinski definition) is 1. The molecule has 2 nitrogen and oxygen atoms in total. The standard InChI is InChI=1S/C14H25NO/c1-8-12(4)16-13(5)15-10-11(3)14(6,7)9-2/h9,11,15H,2,4-5,8,10H2,1,3,6-7H3. The third-order valence-corrected chi connectivity index (χ3v) is 3.06. The van der Waals surface area contributed by atoms with Crippen LogP contribution in [0.2, 0.25) is 0 Å². The topological polar surface area (TPSA) is 21.3 Å². The summed E-state index contributed by atoms with van der Waals surface area (Å²) in [6, 6.07) is 0. The van der Waals surface area contributed by atoms with Gasteiger partial charge in [0.1, 0.15) is 0 Å². The van der Waals surface area contributed by atoms with Gasteiger partial charge in [-0.15, -0.1) is 6.58 Å². The van der Waals surface area contributed by atoms with Crippen LogP contribution in [0.25, 0.3) is 0 Å². The van der Waals surface area contributed by atoms with E-state index in [1.807, 2.05) is 13.0 Å². The molecule has 0 aromatic heterocycles. The Kier molecular flexibility index (Phi) is 5.94. The molecule has 1 atom stereocenters. The van der Waals surface area contributed by atoms with Gasteiger partial charge in [0.2, 0.25) is 0 Å². The number of ether oxygens (including phenoxy) is 1. The third-order valence-electron chi connectivity index (χ3n) is 3.06. The molecule has 0 bridgehead atoms. The summed E-state index contributed by atoms with van der Waals surface area (Å²) < 4.78 is 5.37. The van der Waals surface area contributed by atoms with Crippen molar-refractivity contribution in [2.24, 2.45) is 11.3 Å². The van der Waals surface area contributed by atoms with Crippen molar-refractivity contribution in [3.8, 4) is 0 Å². The molecule has 16 heavy (non-hydrogen) atoms. The van der Waals surface area contributed by atoms with Crippen LogP contribution in [0.4, 0.5) is 0 Å². The molecule has 0 saturated carbocycles. The fourth-order valence-electron chi connectivity index (χ4n) is 1.01. The Hall–Kier alpha value is -1.18. The molecule has 0 heterocycles. The van der Waals surface area contributed by atoms with E-state index in [0.29, 0.717) is 11.8 Å². The fraction of sp³-hybridized carbons (Fsp3) is 0.571. The van der Waals surface area contributed by atoms with Crippen LogP contribution in [0, 0.1) is 11.3 Å². The van der Waals surface area contributed by atoms with E-state index >= 15 is 0 Å². The molecule has 0 amide bonds. The van der Waals surface area contributed by atoms with Crippen molar-refractivity contribution in [1.82, 2.24) is 5.32 Å². The average Bonchev–Trinajstić information content (AvgIpc) is 2.25. The Balaban J connectivity index is 4.02. The highest BCUT2D eigenvalue weighted by atomic mass is 16.5. The first-order valence-electron chi connectivity index (χ1n) is 5.75. The fourth-order valence-corrected chi connectivity index (χ4v) is 1.01. The SMILES string of the molecule is C=CC(C)(C)C(C)CNC(=C)OC(=C)CC. The maximum Gasteiger partial charge on any atom is 0.185 e. The molecule has 0 aliphatic rings. The van der Waals surface area contributed by atoms with E-state index in [1.165, 1.54) is 0 Å². The molecular weight excluding hydrogens is 198 g/mol. The van der Waals surface area contributed by atoms with Crippen LogP contribution in [-0.2, 0) is 4.74 Å². The Bertz CT molecular complexity index is 266. The monoisotopic (exact) mass is 223 g/mol. The maximum absolute atomic E-state index is 5.37. The quantitative estimate of drug-likeness (QED) is 0.498. The molecule has 0 fully saturated rings. The van der Waals surface area contributed by atoms with Crippen LogP contribution in [0.1, 0.15) is 34.1 Å². The third kappa shape index (κ3) is 5.06. The van der Waals surface area contributed by atoms with E-state index in [-0.39, 0.29) is 5.41 Å². The van der Waals surface area contributed by atoms with Gasteiger partial charge in [-0.1, -0.05) is 40.3 Å². The van der Waals surface area contributed by atoms with Gasteiger partial charge in [0.05, 0.1) is 5.76 Å². The maximum atomic E-state index is 5.37. The van der Waals surface area contributed by atoms with Gasteiger partial charge in [0.25, 0.3) is 0 Å². The molecule has 0 radical (unpaired) electrons. The molecule has 0 rings (SSSR count). The van der Waals surface area contributed by atoms with E-state index in [4.69, 9.17) is 4.74 Å². The van der Waals surface area contributed by atoms with Crippen molar-refractivity contribution in [1.29, 1.82) is 0 Å². The van der Waals surface area contributed by atoms with Gasteiger partial charge >= 0.3 is 0 Å². The second-order valence-corrected chi connectivity index (χ2v) is 4.72. The van der Waals surface area contributed by atoms with Crippen molar-refractivity contribution in [2.45, 2.75) is 34.1 Å². The Morgan fingerprint density at radius 3 is 2.44 bits per heavy atom. The molecule has 0 aliphatic carbocycles. The lowest BCUT2D eigenvalue weighted by Gasteiger charge is -2.29. The van der Waals surface area contributed by atoms with Gasteiger partial charge in [0.15, 0.2) is 5.88 Å². The Morgan fingerprint density at radius 1 is 1.44 bits per heavy atom. The van der Waals surface area contributed by atoms with Crippen molar-refractivity contribution in [2.75, 3.05) is 6.54 Å². The van der Waals surface area contributed by atoms with E-state index in [1.54, 1.807) is 0 Å². The van der Waals surface area contributed by atoms with Gasteiger partial charge in [-0.2, -0.15) is 0 Å². The van der Waals surface area contributed by atoms with E-state index in [9.17, 15) is 0 Å². The molecule has 2 heteroatoms. The minimum absolute atomic E-state index is 0.106. The summed E-state index contributed by atoms with van der Waals surface area (Å²) in [7, 11) is 0. The van der Waals surface area contributed by atoms with E-state index < -0.39 is 0 Å². The summed E-state index contributed by atoms with van der Waals surface area (Å²) >= 11 is 0. The van der Waals surface area contributed by atoms with Gasteiger partial charge < -0.3 is 10.1 Å². The molecule has 92 valence electrons. The zero-order valence-corrected chi connectivity index (χ0v) is 11.1. The molecule has 1 unspecified atom stereocenters. The summed E-state index contributed by atoms with van der Waals surface area (Å²) in [5.74, 6) is 1.76. The predicted octanol–water partition coefficient (Wildman–Crippen LogP) is 3.84. The second kappa shape index (κ2) is 6.41. The highest BCUT2D eigenvalue weighted by Crippen LogP contribution is 2.26. The highest BCUT2D eigenvalue weighted by molar-refractivity contribution is 4.95. The first-order chi connectivity index (χ1) is 7.33. The molecule has 0 aromatic carbocycles. The number of rotatable bonds is 8. The number of hydrogen-bond acceptors (Lipinski definition) is 2. The van der Waals surface area contributed by atoms with E-state index in [0.717, 1.165) is 18.7 Å². The first kappa shape index (κ1) is 14.8. The molecule has 0 aliphatic heterocycles. The zero-order valence-electron chi connectivity index (χ0n) is 11.1. The summed E-state index contributed by atoms with van der Waals surface area (Å²) in [5, 5.41) is 3.16. The van der Waals surface area contributed by atoms with E-state index in [2.05, 4.69) is 45.8 Å². The van der Waals surface area contributed by atoms with Crippen LogP contribution < -0.4 is 5.32 Å². The Morgan fingerprint density at radius 2 is 2.00 bits per heavy atom. The molecule has 0 aromatic rings. The minimum Gasteiger partial charge on any atom is -0.447 e. The largest absolute Gasteiger partial charge is 0.447 e. The van der Waals surface area contributed by atoms with Crippen LogP contribution in [0.3, 0.4) is 0 Å². The van der Waals surface area contributed by atoms with Crippen molar-refractivity contribution >= 4 is 0 Å². The van der Waals surface area contributed by atoms with Gasteiger partial charge in [-0.3, -0.25) is 0 Å². The molecule has 0 spiro atoms. The lowest BCUT2D eigenvalue weighted by molar-refractivity contribution is 0.241. The molecule has 0 saturated heterocycles. The normalized spacial score (nSPS) is 12.8. The summed E-state index contributed by atoms with van der Waals surface area (Å²) in [6.45, 7) is 20.7. The smallest absolute Gasteiger partial charge is 0.185 e. The predicted molar refractivity (Wildman–Crippen MR) is 70.8 cm³/mol. The number of allylic oxidation sites excluding steroid dienone is 2. The van der Waals surface area contributed by atoms with Crippen molar-refractivity contribution in [3.63, 3.8) is 0 Å². The lowest BCUT2D eigenvalue weighted by atomic mass is 9.80. The second-order valence-electron chi connectivity index (χ2n) is 4.72. The zero-order chi connectivity index (χ0) is 12.8. The van der Waals surface area contributed by atoms with Crippen LogP contribution >= 0.6 is 0 Å². The van der Waals surface area contributed by atoms with Crippen molar-refractivity contribution < 1.29 is 4.74 Å².